The van der Waals surface area contributed by atoms with Crippen LogP contribution in [-0.4, -0.2) is 24.0 Å². The summed E-state index contributed by atoms with van der Waals surface area (Å²) in [5, 5.41) is 8.90. The molecule has 0 amide bonds. The molecular formula is C15H20O4. The number of rotatable bonds is 4. The number of Topliss-reactive ketones (excluding diaryl/α,β-unsaturated/α-hetero) is 1. The van der Waals surface area contributed by atoms with E-state index in [1.54, 1.807) is 25.3 Å². The summed E-state index contributed by atoms with van der Waals surface area (Å²) in [5.41, 5.74) is 1.10. The first kappa shape index (κ1) is 15.2. The van der Waals surface area contributed by atoms with Gasteiger partial charge < -0.3 is 9.84 Å². The fraction of sp³-hybridized carbons (Fsp3) is 0.467. The second kappa shape index (κ2) is 5.43. The number of aliphatic carboxylic acids is 1. The monoisotopic (exact) mass is 264 g/mol. The van der Waals surface area contributed by atoms with E-state index in [-0.39, 0.29) is 11.2 Å². The molecule has 0 saturated carbocycles. The van der Waals surface area contributed by atoms with Crippen LogP contribution in [0.15, 0.2) is 18.2 Å². The lowest BCUT2D eigenvalue weighted by atomic mass is 9.84. The van der Waals surface area contributed by atoms with Crippen molar-refractivity contribution in [2.45, 2.75) is 33.1 Å². The quantitative estimate of drug-likeness (QED) is 0.671. The van der Waals surface area contributed by atoms with Gasteiger partial charge in [-0.25, -0.2) is 0 Å². The Morgan fingerprint density at radius 2 is 1.84 bits per heavy atom. The van der Waals surface area contributed by atoms with Crippen molar-refractivity contribution >= 4 is 11.8 Å². The Bertz CT molecular complexity index is 497. The molecule has 1 aromatic carbocycles. The Hall–Kier alpha value is -1.84. The lowest BCUT2D eigenvalue weighted by molar-refractivity contribution is -0.139. The van der Waals surface area contributed by atoms with Crippen LogP contribution in [0.5, 0.6) is 5.75 Å². The minimum absolute atomic E-state index is 0.186. The van der Waals surface area contributed by atoms with Crippen LogP contribution in [0.2, 0.25) is 0 Å². The van der Waals surface area contributed by atoms with Gasteiger partial charge in [0.15, 0.2) is 5.78 Å². The van der Waals surface area contributed by atoms with Gasteiger partial charge in [-0.05, 0) is 30.5 Å². The second-order valence-electron chi connectivity index (χ2n) is 5.59. The van der Waals surface area contributed by atoms with Crippen molar-refractivity contribution in [1.29, 1.82) is 0 Å². The maximum absolute atomic E-state index is 12.0. The molecule has 1 atom stereocenters. The van der Waals surface area contributed by atoms with Gasteiger partial charge in [-0.1, -0.05) is 20.8 Å². The van der Waals surface area contributed by atoms with E-state index in [0.29, 0.717) is 11.3 Å². The molecule has 0 aliphatic heterocycles. The number of carboxylic acid groups (broad SMARTS) is 1. The maximum Gasteiger partial charge on any atom is 0.314 e. The van der Waals surface area contributed by atoms with Crippen molar-refractivity contribution in [1.82, 2.24) is 0 Å². The number of carbonyl (C=O) groups excluding carboxylic acids is 1. The van der Waals surface area contributed by atoms with E-state index in [4.69, 9.17) is 9.84 Å². The number of hydrogen-bond acceptors (Lipinski definition) is 3. The third-order valence-corrected chi connectivity index (χ3v) is 3.06. The van der Waals surface area contributed by atoms with Gasteiger partial charge in [-0.2, -0.15) is 0 Å². The highest BCUT2D eigenvalue weighted by molar-refractivity contribution is 6.08. The minimum atomic E-state index is -1.11. The molecule has 0 spiro atoms. The summed E-state index contributed by atoms with van der Waals surface area (Å²) in [6.45, 7) is 7.44. The van der Waals surface area contributed by atoms with Gasteiger partial charge in [0.2, 0.25) is 0 Å². The molecular weight excluding hydrogens is 244 g/mol. The van der Waals surface area contributed by atoms with E-state index in [1.807, 2.05) is 20.8 Å². The number of methoxy groups -OCH3 is 1. The Morgan fingerprint density at radius 1 is 1.26 bits per heavy atom. The molecule has 1 N–H and O–H groups in total. The normalized spacial score (nSPS) is 12.9. The molecule has 0 aliphatic carbocycles. The van der Waals surface area contributed by atoms with E-state index in [1.165, 1.54) is 6.92 Å². The van der Waals surface area contributed by atoms with Crippen LogP contribution in [-0.2, 0) is 10.2 Å². The van der Waals surface area contributed by atoms with Gasteiger partial charge in [0.25, 0.3) is 0 Å². The molecule has 0 aromatic heterocycles. The van der Waals surface area contributed by atoms with Gasteiger partial charge in [-0.15, -0.1) is 0 Å². The SMILES string of the molecule is COc1ccc(C(=O)C(C)C(=O)O)cc1C(C)(C)C. The average Bonchev–Trinajstić information content (AvgIpc) is 2.35. The van der Waals surface area contributed by atoms with Crippen molar-refractivity contribution in [3.63, 3.8) is 0 Å². The fourth-order valence-corrected chi connectivity index (χ4v) is 1.81. The molecule has 1 aromatic rings. The van der Waals surface area contributed by atoms with Gasteiger partial charge >= 0.3 is 5.97 Å². The number of benzene rings is 1. The largest absolute Gasteiger partial charge is 0.496 e. The van der Waals surface area contributed by atoms with Crippen LogP contribution in [0.4, 0.5) is 0 Å². The summed E-state index contributed by atoms with van der Waals surface area (Å²) in [6.07, 6.45) is 0. The van der Waals surface area contributed by atoms with E-state index in [2.05, 4.69) is 0 Å². The first-order chi connectivity index (χ1) is 8.68. The first-order valence-corrected chi connectivity index (χ1v) is 6.14. The lowest BCUT2D eigenvalue weighted by Gasteiger charge is -2.23. The molecule has 1 rings (SSSR count). The topological polar surface area (TPSA) is 63.6 Å². The van der Waals surface area contributed by atoms with Crippen LogP contribution in [0.3, 0.4) is 0 Å². The Morgan fingerprint density at radius 3 is 2.26 bits per heavy atom. The molecule has 0 saturated heterocycles. The summed E-state index contributed by atoms with van der Waals surface area (Å²) in [5.74, 6) is -1.84. The number of hydrogen-bond donors (Lipinski definition) is 1. The minimum Gasteiger partial charge on any atom is -0.496 e. The predicted molar refractivity (Wildman–Crippen MR) is 72.8 cm³/mol. The number of carbonyl (C=O) groups is 2. The van der Waals surface area contributed by atoms with Crippen LogP contribution in [0.1, 0.15) is 43.6 Å². The Labute approximate surface area is 113 Å². The molecule has 0 radical (unpaired) electrons. The summed E-state index contributed by atoms with van der Waals surface area (Å²) in [4.78, 5) is 22.9. The highest BCUT2D eigenvalue weighted by atomic mass is 16.5. The molecule has 0 aliphatic rings. The highest BCUT2D eigenvalue weighted by Crippen LogP contribution is 2.32. The Balaban J connectivity index is 3.26. The third-order valence-electron chi connectivity index (χ3n) is 3.06. The molecule has 0 bridgehead atoms. The van der Waals surface area contributed by atoms with Crippen molar-refractivity contribution in [2.24, 2.45) is 5.92 Å². The van der Waals surface area contributed by atoms with E-state index in [0.717, 1.165) is 5.56 Å². The van der Waals surface area contributed by atoms with Crippen LogP contribution < -0.4 is 4.74 Å². The van der Waals surface area contributed by atoms with Crippen LogP contribution in [0.25, 0.3) is 0 Å². The Kier molecular flexibility index (Phi) is 4.35. The zero-order valence-corrected chi connectivity index (χ0v) is 12.0. The van der Waals surface area contributed by atoms with Crippen molar-refractivity contribution in [3.8, 4) is 5.75 Å². The molecule has 0 heterocycles. The summed E-state index contributed by atoms with van der Waals surface area (Å²) >= 11 is 0. The number of ketones is 1. The van der Waals surface area contributed by atoms with Crippen LogP contribution in [0, 0.1) is 5.92 Å². The van der Waals surface area contributed by atoms with Gasteiger partial charge in [0, 0.05) is 11.1 Å². The zero-order valence-electron chi connectivity index (χ0n) is 12.0. The standard InChI is InChI=1S/C15H20O4/c1-9(14(17)18)13(16)10-6-7-12(19-5)11(8-10)15(2,3)4/h6-9H,1-5H3,(H,17,18). The maximum atomic E-state index is 12.0. The zero-order chi connectivity index (χ0) is 14.8. The van der Waals surface area contributed by atoms with Gasteiger partial charge in [0.1, 0.15) is 11.7 Å². The number of ether oxygens (including phenoxy) is 1. The van der Waals surface area contributed by atoms with E-state index in [9.17, 15) is 9.59 Å². The van der Waals surface area contributed by atoms with E-state index >= 15 is 0 Å². The molecule has 4 heteroatoms. The summed E-state index contributed by atoms with van der Waals surface area (Å²) in [6, 6.07) is 5.04. The van der Waals surface area contributed by atoms with Crippen molar-refractivity contribution in [3.05, 3.63) is 29.3 Å². The number of carboxylic acids is 1. The van der Waals surface area contributed by atoms with E-state index < -0.39 is 11.9 Å². The van der Waals surface area contributed by atoms with Gasteiger partial charge in [0.05, 0.1) is 7.11 Å². The highest BCUT2D eigenvalue weighted by Gasteiger charge is 2.25. The summed E-state index contributed by atoms with van der Waals surface area (Å²) in [7, 11) is 1.58. The average molecular weight is 264 g/mol. The molecule has 1 unspecified atom stereocenters. The molecule has 19 heavy (non-hydrogen) atoms. The second-order valence-corrected chi connectivity index (χ2v) is 5.59. The fourth-order valence-electron chi connectivity index (χ4n) is 1.81. The smallest absolute Gasteiger partial charge is 0.314 e. The lowest BCUT2D eigenvalue weighted by Crippen LogP contribution is -2.21. The van der Waals surface area contributed by atoms with Crippen molar-refractivity contribution < 1.29 is 19.4 Å². The molecule has 0 fully saturated rings. The first-order valence-electron chi connectivity index (χ1n) is 6.14. The molecule has 4 nitrogen and oxygen atoms in total. The summed E-state index contributed by atoms with van der Waals surface area (Å²) < 4.78 is 5.29. The van der Waals surface area contributed by atoms with Crippen LogP contribution >= 0.6 is 0 Å². The van der Waals surface area contributed by atoms with Crippen molar-refractivity contribution in [2.75, 3.05) is 7.11 Å². The third kappa shape index (κ3) is 3.34. The van der Waals surface area contributed by atoms with Gasteiger partial charge in [-0.3, -0.25) is 9.59 Å². The predicted octanol–water partition coefficient (Wildman–Crippen LogP) is 2.90. The molecule has 104 valence electrons.